The zero-order valence-electron chi connectivity index (χ0n) is 14.1. The second-order valence-corrected chi connectivity index (χ2v) is 5.82. The number of nitrogens with zero attached hydrogens (tertiary/aromatic N) is 1. The van der Waals surface area contributed by atoms with Gasteiger partial charge >= 0.3 is 6.18 Å². The summed E-state index contributed by atoms with van der Waals surface area (Å²) < 4.78 is 43.3. The van der Waals surface area contributed by atoms with Crippen molar-refractivity contribution in [3.05, 3.63) is 54.6 Å². The Kier molecular flexibility index (Phi) is 5.72. The van der Waals surface area contributed by atoms with Crippen LogP contribution in [-0.2, 0) is 4.79 Å². The maximum atomic E-state index is 12.7. The zero-order chi connectivity index (χ0) is 18.6. The minimum atomic E-state index is -4.45. The van der Waals surface area contributed by atoms with Gasteiger partial charge in [0.15, 0.2) is 0 Å². The fourth-order valence-corrected chi connectivity index (χ4v) is 2.66. The third-order valence-corrected chi connectivity index (χ3v) is 3.97. The van der Waals surface area contributed by atoms with Crippen LogP contribution in [0.25, 0.3) is 10.8 Å². The second-order valence-electron chi connectivity index (χ2n) is 5.82. The molecule has 0 unspecified atom stereocenters. The number of hydrogen-bond donors (Lipinski definition) is 0. The van der Waals surface area contributed by atoms with Gasteiger partial charge in [0.1, 0.15) is 12.3 Å². The van der Waals surface area contributed by atoms with E-state index < -0.39 is 24.5 Å². The van der Waals surface area contributed by atoms with Gasteiger partial charge in [0.2, 0.25) is 5.91 Å². The van der Waals surface area contributed by atoms with Crippen LogP contribution in [0.5, 0.6) is 5.75 Å². The molecule has 3 nitrogen and oxygen atoms in total. The van der Waals surface area contributed by atoms with E-state index in [1.54, 1.807) is 26.2 Å². The Hall–Kier alpha value is -2.50. The first-order chi connectivity index (χ1) is 11.7. The molecule has 0 N–H and O–H groups in total. The number of methoxy groups -OCH3 is 1. The van der Waals surface area contributed by atoms with Gasteiger partial charge in [0.05, 0.1) is 13.0 Å². The number of hydrogen-bond acceptors (Lipinski definition) is 2. The molecule has 25 heavy (non-hydrogen) atoms. The molecular weight excluding hydrogens is 331 g/mol. The highest BCUT2D eigenvalue weighted by molar-refractivity contribution is 5.88. The van der Waals surface area contributed by atoms with Gasteiger partial charge in [-0.3, -0.25) is 4.79 Å². The Labute approximate surface area is 144 Å². The number of carbonyl (C=O) groups is 1. The number of fused-ring (bicyclic) bond motifs is 1. The lowest BCUT2D eigenvalue weighted by Crippen LogP contribution is -2.41. The number of ether oxygens (including phenoxy) is 1. The molecule has 0 aliphatic carbocycles. The highest BCUT2D eigenvalue weighted by atomic mass is 19.4. The molecule has 0 aliphatic rings. The minimum absolute atomic E-state index is 0.145. The molecule has 0 radical (unpaired) electrons. The average molecular weight is 351 g/mol. The molecule has 0 saturated heterocycles. The van der Waals surface area contributed by atoms with Crippen molar-refractivity contribution in [3.63, 3.8) is 0 Å². The van der Waals surface area contributed by atoms with Crippen LogP contribution in [0.4, 0.5) is 13.2 Å². The summed E-state index contributed by atoms with van der Waals surface area (Å²) >= 11 is 0. The highest BCUT2D eigenvalue weighted by Gasteiger charge is 2.34. The SMILES string of the molecule is C=CCN(CC(F)(F)F)C(=O)[C@@H](C)c1ccc2cc(OC)ccc2c1. The second kappa shape index (κ2) is 7.59. The molecule has 2 rings (SSSR count). The maximum Gasteiger partial charge on any atom is 0.406 e. The number of benzene rings is 2. The summed E-state index contributed by atoms with van der Waals surface area (Å²) in [4.78, 5) is 13.3. The van der Waals surface area contributed by atoms with Crippen molar-refractivity contribution in [2.45, 2.75) is 19.0 Å². The summed E-state index contributed by atoms with van der Waals surface area (Å²) in [6, 6.07) is 10.9. The van der Waals surface area contributed by atoms with E-state index in [9.17, 15) is 18.0 Å². The first kappa shape index (κ1) is 18.8. The average Bonchev–Trinajstić information content (AvgIpc) is 2.58. The third kappa shape index (κ3) is 4.75. The fraction of sp³-hybridized carbons (Fsp3) is 0.316. The van der Waals surface area contributed by atoms with Gasteiger partial charge in [-0.1, -0.05) is 30.3 Å². The molecule has 0 spiro atoms. The molecule has 0 saturated carbocycles. The zero-order valence-corrected chi connectivity index (χ0v) is 14.1. The summed E-state index contributed by atoms with van der Waals surface area (Å²) in [5, 5.41) is 1.82. The van der Waals surface area contributed by atoms with Gasteiger partial charge < -0.3 is 9.64 Å². The van der Waals surface area contributed by atoms with Crippen LogP contribution < -0.4 is 4.74 Å². The van der Waals surface area contributed by atoms with Crippen molar-refractivity contribution in [1.29, 1.82) is 0 Å². The number of rotatable bonds is 6. The van der Waals surface area contributed by atoms with Gasteiger partial charge in [0, 0.05) is 6.54 Å². The Bertz CT molecular complexity index is 771. The summed E-state index contributed by atoms with van der Waals surface area (Å²) in [5.74, 6) is -0.550. The van der Waals surface area contributed by atoms with Crippen LogP contribution >= 0.6 is 0 Å². The lowest BCUT2D eigenvalue weighted by molar-refractivity contribution is -0.160. The third-order valence-electron chi connectivity index (χ3n) is 3.97. The molecule has 6 heteroatoms. The normalized spacial score (nSPS) is 12.7. The molecule has 1 atom stereocenters. The smallest absolute Gasteiger partial charge is 0.406 e. The van der Waals surface area contributed by atoms with E-state index in [4.69, 9.17) is 4.74 Å². The van der Waals surface area contributed by atoms with Crippen LogP contribution in [0.15, 0.2) is 49.1 Å². The summed E-state index contributed by atoms with van der Waals surface area (Å²) in [6.07, 6.45) is -3.15. The van der Waals surface area contributed by atoms with Crippen LogP contribution in [0.1, 0.15) is 18.4 Å². The van der Waals surface area contributed by atoms with E-state index >= 15 is 0 Å². The molecule has 0 aliphatic heterocycles. The predicted molar refractivity (Wildman–Crippen MR) is 91.7 cm³/mol. The van der Waals surface area contributed by atoms with Crippen molar-refractivity contribution >= 4 is 16.7 Å². The molecule has 0 fully saturated rings. The van der Waals surface area contributed by atoms with Crippen LogP contribution in [-0.4, -0.2) is 37.2 Å². The Morgan fingerprint density at radius 3 is 2.48 bits per heavy atom. The van der Waals surface area contributed by atoms with E-state index in [0.29, 0.717) is 11.3 Å². The standard InChI is InChI=1S/C19H20F3NO2/c1-4-9-23(12-19(20,21)22)18(24)13(2)14-5-6-16-11-17(25-3)8-7-15(16)10-14/h4-8,10-11,13H,1,9,12H2,2-3H3/t13-/m0/s1. The van der Waals surface area contributed by atoms with Gasteiger partial charge in [-0.05, 0) is 35.4 Å². The molecule has 0 aromatic heterocycles. The molecule has 0 heterocycles. The van der Waals surface area contributed by atoms with E-state index in [0.717, 1.165) is 15.7 Å². The van der Waals surface area contributed by atoms with Gasteiger partial charge in [-0.25, -0.2) is 0 Å². The monoisotopic (exact) mass is 351 g/mol. The van der Waals surface area contributed by atoms with Crippen molar-refractivity contribution < 1.29 is 22.7 Å². The first-order valence-corrected chi connectivity index (χ1v) is 7.79. The minimum Gasteiger partial charge on any atom is -0.497 e. The van der Waals surface area contributed by atoms with Gasteiger partial charge in [-0.15, -0.1) is 6.58 Å². The number of alkyl halides is 3. The van der Waals surface area contributed by atoms with Crippen LogP contribution in [0, 0.1) is 0 Å². The topological polar surface area (TPSA) is 29.5 Å². The lowest BCUT2D eigenvalue weighted by atomic mass is 9.96. The van der Waals surface area contributed by atoms with Crippen LogP contribution in [0.2, 0.25) is 0 Å². The molecule has 2 aromatic carbocycles. The van der Waals surface area contributed by atoms with Gasteiger partial charge in [-0.2, -0.15) is 13.2 Å². The number of halogens is 3. The fourth-order valence-electron chi connectivity index (χ4n) is 2.66. The van der Waals surface area contributed by atoms with Crippen molar-refractivity contribution in [1.82, 2.24) is 4.90 Å². The van der Waals surface area contributed by atoms with Crippen molar-refractivity contribution in [3.8, 4) is 5.75 Å². The maximum absolute atomic E-state index is 12.7. The van der Waals surface area contributed by atoms with Crippen LogP contribution in [0.3, 0.4) is 0 Å². The lowest BCUT2D eigenvalue weighted by Gasteiger charge is -2.26. The predicted octanol–water partition coefficient (Wildman–Crippen LogP) is 4.53. The number of carbonyl (C=O) groups excluding carboxylic acids is 1. The molecule has 2 aromatic rings. The molecular formula is C19H20F3NO2. The van der Waals surface area contributed by atoms with E-state index in [1.807, 2.05) is 24.3 Å². The van der Waals surface area contributed by atoms with E-state index in [2.05, 4.69) is 6.58 Å². The highest BCUT2D eigenvalue weighted by Crippen LogP contribution is 2.27. The molecule has 134 valence electrons. The Morgan fingerprint density at radius 1 is 1.24 bits per heavy atom. The first-order valence-electron chi connectivity index (χ1n) is 7.79. The number of amides is 1. The van der Waals surface area contributed by atoms with Crippen molar-refractivity contribution in [2.75, 3.05) is 20.2 Å². The summed E-state index contributed by atoms with van der Waals surface area (Å²) in [5.41, 5.74) is 0.666. The van der Waals surface area contributed by atoms with E-state index in [1.165, 1.54) is 6.08 Å². The van der Waals surface area contributed by atoms with Crippen molar-refractivity contribution in [2.24, 2.45) is 0 Å². The summed E-state index contributed by atoms with van der Waals surface area (Å²) in [7, 11) is 1.57. The molecule has 1 amide bonds. The Morgan fingerprint density at radius 2 is 1.88 bits per heavy atom. The van der Waals surface area contributed by atoms with Gasteiger partial charge in [0.25, 0.3) is 0 Å². The molecule has 0 bridgehead atoms. The summed E-state index contributed by atoms with van der Waals surface area (Å²) in [6.45, 7) is 3.61. The quantitative estimate of drug-likeness (QED) is 0.716. The largest absolute Gasteiger partial charge is 0.497 e. The Balaban J connectivity index is 2.28. The van der Waals surface area contributed by atoms with E-state index in [-0.39, 0.29) is 6.54 Å².